The smallest absolute Gasteiger partial charge is 0.143 e. The molecule has 0 radical (unpaired) electrons. The number of para-hydroxylation sites is 1. The van der Waals surface area contributed by atoms with Gasteiger partial charge in [0.2, 0.25) is 0 Å². The van der Waals surface area contributed by atoms with E-state index in [1.54, 1.807) is 14.2 Å². The van der Waals surface area contributed by atoms with E-state index in [0.29, 0.717) is 0 Å². The van der Waals surface area contributed by atoms with Gasteiger partial charge in [-0.1, -0.05) is 12.1 Å². The number of rotatable bonds is 8. The minimum atomic E-state index is 0.725. The molecule has 0 bridgehead atoms. The second-order valence-electron chi connectivity index (χ2n) is 5.71. The largest absolute Gasteiger partial charge is 0.495 e. The first-order valence-corrected chi connectivity index (χ1v) is 7.70. The summed E-state index contributed by atoms with van der Waals surface area (Å²) in [4.78, 5) is 0. The normalized spacial score (nSPS) is 14.8. The number of ether oxygens (including phenoxy) is 2. The zero-order valence-corrected chi connectivity index (χ0v) is 12.9. The number of nitrogens with one attached hydrogen (secondary N) is 1. The summed E-state index contributed by atoms with van der Waals surface area (Å²) in [5, 5.41) is 4.90. The van der Waals surface area contributed by atoms with Crippen LogP contribution in [-0.4, -0.2) is 31.4 Å². The summed E-state index contributed by atoms with van der Waals surface area (Å²) in [6, 6.07) is 7.02. The van der Waals surface area contributed by atoms with Crippen molar-refractivity contribution in [1.29, 1.82) is 0 Å². The zero-order valence-electron chi connectivity index (χ0n) is 12.9. The summed E-state index contributed by atoms with van der Waals surface area (Å²) in [6.45, 7) is 2.67. The van der Waals surface area contributed by atoms with E-state index in [9.17, 15) is 0 Å². The van der Waals surface area contributed by atoms with Gasteiger partial charge >= 0.3 is 0 Å². The Hall–Kier alpha value is -1.52. The van der Waals surface area contributed by atoms with Gasteiger partial charge in [0.15, 0.2) is 0 Å². The molecule has 0 saturated heterocycles. The van der Waals surface area contributed by atoms with Gasteiger partial charge in [0.25, 0.3) is 0 Å². The van der Waals surface area contributed by atoms with Crippen LogP contribution in [0.2, 0.25) is 0 Å². The Kier molecular flexibility index (Phi) is 4.46. The molecule has 21 heavy (non-hydrogen) atoms. The van der Waals surface area contributed by atoms with E-state index < -0.39 is 0 Å². The molecule has 0 atom stereocenters. The van der Waals surface area contributed by atoms with Crippen molar-refractivity contribution < 1.29 is 9.47 Å². The number of hydrogen-bond acceptors (Lipinski definition) is 3. The van der Waals surface area contributed by atoms with Gasteiger partial charge < -0.3 is 19.4 Å². The fourth-order valence-corrected chi connectivity index (χ4v) is 2.80. The topological polar surface area (TPSA) is 35.4 Å². The van der Waals surface area contributed by atoms with Crippen LogP contribution in [-0.2, 0) is 17.8 Å². The van der Waals surface area contributed by atoms with Crippen molar-refractivity contribution in [1.82, 2.24) is 9.88 Å². The van der Waals surface area contributed by atoms with Gasteiger partial charge in [0.05, 0.1) is 12.6 Å². The maximum atomic E-state index is 5.55. The summed E-state index contributed by atoms with van der Waals surface area (Å²) in [7, 11) is 3.49. The molecule has 1 aromatic heterocycles. The number of aromatic nitrogens is 1. The van der Waals surface area contributed by atoms with Crippen molar-refractivity contribution in [3.05, 3.63) is 30.0 Å². The van der Waals surface area contributed by atoms with Crippen LogP contribution >= 0.6 is 0 Å². The number of methoxy groups -OCH3 is 2. The van der Waals surface area contributed by atoms with Crippen molar-refractivity contribution in [2.75, 3.05) is 20.8 Å². The molecule has 0 spiro atoms. The first-order chi connectivity index (χ1) is 10.3. The number of aryl methyl sites for hydroxylation is 1. The predicted octanol–water partition coefficient (Wildman–Crippen LogP) is 2.94. The molecule has 4 nitrogen and oxygen atoms in total. The van der Waals surface area contributed by atoms with Crippen molar-refractivity contribution >= 4 is 10.9 Å². The highest BCUT2D eigenvalue weighted by molar-refractivity contribution is 5.89. The van der Waals surface area contributed by atoms with Gasteiger partial charge in [0.1, 0.15) is 5.75 Å². The van der Waals surface area contributed by atoms with Gasteiger partial charge in [-0.25, -0.2) is 0 Å². The molecule has 3 rings (SSSR count). The summed E-state index contributed by atoms with van der Waals surface area (Å²) >= 11 is 0. The molecular weight excluding hydrogens is 264 g/mol. The van der Waals surface area contributed by atoms with Crippen molar-refractivity contribution in [3.8, 4) is 5.75 Å². The maximum absolute atomic E-state index is 5.55. The lowest BCUT2D eigenvalue weighted by Gasteiger charge is -2.08. The monoisotopic (exact) mass is 288 g/mol. The Morgan fingerprint density at radius 2 is 2.14 bits per heavy atom. The molecule has 114 valence electrons. The van der Waals surface area contributed by atoms with Crippen LogP contribution in [0.3, 0.4) is 0 Å². The Morgan fingerprint density at radius 1 is 1.29 bits per heavy atom. The van der Waals surface area contributed by atoms with E-state index in [-0.39, 0.29) is 0 Å². The van der Waals surface area contributed by atoms with Crippen LogP contribution in [0.25, 0.3) is 10.9 Å². The molecule has 1 saturated carbocycles. The average Bonchev–Trinajstić information content (AvgIpc) is 3.27. The quantitative estimate of drug-likeness (QED) is 0.759. The predicted molar refractivity (Wildman–Crippen MR) is 84.8 cm³/mol. The van der Waals surface area contributed by atoms with Crippen LogP contribution in [0.4, 0.5) is 0 Å². The van der Waals surface area contributed by atoms with Crippen LogP contribution in [0.5, 0.6) is 5.75 Å². The third kappa shape index (κ3) is 3.22. The second kappa shape index (κ2) is 6.50. The molecule has 1 fully saturated rings. The van der Waals surface area contributed by atoms with Crippen molar-refractivity contribution in [2.45, 2.75) is 38.4 Å². The van der Waals surface area contributed by atoms with Gasteiger partial charge in [-0.2, -0.15) is 0 Å². The molecule has 0 aliphatic heterocycles. The van der Waals surface area contributed by atoms with Gasteiger partial charge in [-0.05, 0) is 30.9 Å². The van der Waals surface area contributed by atoms with Crippen molar-refractivity contribution in [3.63, 3.8) is 0 Å². The third-order valence-electron chi connectivity index (χ3n) is 4.07. The average molecular weight is 288 g/mol. The fourth-order valence-electron chi connectivity index (χ4n) is 2.80. The highest BCUT2D eigenvalue weighted by Gasteiger charge is 2.21. The molecule has 2 aromatic rings. The molecule has 0 unspecified atom stereocenters. The molecular formula is C17H24N2O2. The van der Waals surface area contributed by atoms with Crippen LogP contribution in [0, 0.1) is 0 Å². The Morgan fingerprint density at radius 3 is 2.86 bits per heavy atom. The highest BCUT2D eigenvalue weighted by Crippen LogP contribution is 2.30. The lowest BCUT2D eigenvalue weighted by atomic mass is 10.1. The Balaban J connectivity index is 1.90. The van der Waals surface area contributed by atoms with Crippen LogP contribution < -0.4 is 10.1 Å². The van der Waals surface area contributed by atoms with E-state index in [1.165, 1.54) is 29.3 Å². The molecule has 1 aliphatic rings. The van der Waals surface area contributed by atoms with E-state index in [0.717, 1.165) is 37.9 Å². The first kappa shape index (κ1) is 14.4. The summed E-state index contributed by atoms with van der Waals surface area (Å²) < 4.78 is 13.0. The minimum absolute atomic E-state index is 0.725. The van der Waals surface area contributed by atoms with Gasteiger partial charge in [-0.3, -0.25) is 0 Å². The fraction of sp³-hybridized carbons (Fsp3) is 0.529. The number of nitrogens with zero attached hydrogens (tertiary/aromatic N) is 1. The SMILES string of the molecule is COCCCn1cc(CNC2CC2)c2cccc(OC)c21. The lowest BCUT2D eigenvalue weighted by Crippen LogP contribution is -2.14. The number of benzene rings is 1. The van der Waals surface area contributed by atoms with Crippen LogP contribution in [0.1, 0.15) is 24.8 Å². The highest BCUT2D eigenvalue weighted by atomic mass is 16.5. The molecule has 1 N–H and O–H groups in total. The first-order valence-electron chi connectivity index (χ1n) is 7.70. The maximum Gasteiger partial charge on any atom is 0.143 e. The van der Waals surface area contributed by atoms with E-state index in [1.807, 2.05) is 6.07 Å². The Labute approximate surface area is 126 Å². The van der Waals surface area contributed by atoms with Crippen molar-refractivity contribution in [2.24, 2.45) is 0 Å². The minimum Gasteiger partial charge on any atom is -0.495 e. The van der Waals surface area contributed by atoms with E-state index in [2.05, 4.69) is 28.2 Å². The second-order valence-corrected chi connectivity index (χ2v) is 5.71. The number of hydrogen-bond donors (Lipinski definition) is 1. The summed E-state index contributed by atoms with van der Waals surface area (Å²) in [6.07, 6.45) is 5.90. The van der Waals surface area contributed by atoms with Gasteiger partial charge in [-0.15, -0.1) is 0 Å². The molecule has 1 aromatic carbocycles. The molecule has 1 heterocycles. The summed E-state index contributed by atoms with van der Waals surface area (Å²) in [5.41, 5.74) is 2.55. The zero-order chi connectivity index (χ0) is 14.7. The molecule has 1 aliphatic carbocycles. The summed E-state index contributed by atoms with van der Waals surface area (Å²) in [5.74, 6) is 0.947. The number of fused-ring (bicyclic) bond motifs is 1. The molecule has 4 heteroatoms. The van der Waals surface area contributed by atoms with E-state index in [4.69, 9.17) is 9.47 Å². The third-order valence-corrected chi connectivity index (χ3v) is 4.07. The van der Waals surface area contributed by atoms with Crippen LogP contribution in [0.15, 0.2) is 24.4 Å². The standard InChI is InChI=1S/C17H24N2O2/c1-20-10-4-9-19-12-13(11-18-14-7-8-14)15-5-3-6-16(21-2)17(15)19/h3,5-6,12,14,18H,4,7-11H2,1-2H3. The molecule has 0 amide bonds. The lowest BCUT2D eigenvalue weighted by molar-refractivity contribution is 0.190. The van der Waals surface area contributed by atoms with Gasteiger partial charge in [0, 0.05) is 44.4 Å². The van der Waals surface area contributed by atoms with E-state index >= 15 is 0 Å². The Bertz CT molecular complexity index is 602.